The summed E-state index contributed by atoms with van der Waals surface area (Å²) in [5.41, 5.74) is 5.93. The molecule has 1 aliphatic heterocycles. The molecule has 0 unspecified atom stereocenters. The molecule has 3 heterocycles. The number of rotatable bonds is 3. The Morgan fingerprint density at radius 3 is 2.80 bits per heavy atom. The molecule has 2 aromatic heterocycles. The Morgan fingerprint density at radius 1 is 1.11 bits per heavy atom. The molecule has 3 aromatic carbocycles. The Labute approximate surface area is 202 Å². The first-order valence-corrected chi connectivity index (χ1v) is 11.8. The average Bonchev–Trinajstić information content (AvgIpc) is 3.35. The highest BCUT2D eigenvalue weighted by Crippen LogP contribution is 2.32. The first-order chi connectivity index (χ1) is 17.0. The minimum absolute atomic E-state index is 0.126. The minimum Gasteiger partial charge on any atom is -0.491 e. The molecular formula is C28H25FN4O2. The van der Waals surface area contributed by atoms with E-state index in [1.165, 1.54) is 6.07 Å². The third-order valence-corrected chi connectivity index (χ3v) is 6.67. The van der Waals surface area contributed by atoms with Gasteiger partial charge in [0, 0.05) is 24.0 Å². The Kier molecular flexibility index (Phi) is 5.06. The van der Waals surface area contributed by atoms with Gasteiger partial charge in [0.25, 0.3) is 5.91 Å². The number of para-hydroxylation sites is 1. The van der Waals surface area contributed by atoms with Crippen LogP contribution >= 0.6 is 0 Å². The fraction of sp³-hybridized carbons (Fsp3) is 0.214. The monoisotopic (exact) mass is 468 g/mol. The quantitative estimate of drug-likeness (QED) is 0.370. The number of aryl methyl sites for hydroxylation is 2. The van der Waals surface area contributed by atoms with Crippen molar-refractivity contribution in [1.29, 1.82) is 0 Å². The van der Waals surface area contributed by atoms with Gasteiger partial charge in [-0.1, -0.05) is 24.3 Å². The number of carbonyl (C=O) groups excluding carboxylic acids is 1. The van der Waals surface area contributed by atoms with E-state index in [1.807, 2.05) is 38.1 Å². The van der Waals surface area contributed by atoms with Crippen LogP contribution in [-0.4, -0.2) is 38.5 Å². The lowest BCUT2D eigenvalue weighted by molar-refractivity contribution is 0.0723. The molecule has 1 aliphatic rings. The Bertz CT molecular complexity index is 1600. The van der Waals surface area contributed by atoms with Gasteiger partial charge in [0.2, 0.25) is 0 Å². The Hall–Kier alpha value is -4.13. The first kappa shape index (κ1) is 21.4. The van der Waals surface area contributed by atoms with E-state index in [0.29, 0.717) is 37.5 Å². The molecule has 5 aromatic rings. The summed E-state index contributed by atoms with van der Waals surface area (Å²) >= 11 is 0. The number of ether oxygens (including phenoxy) is 1. The summed E-state index contributed by atoms with van der Waals surface area (Å²) in [5.74, 6) is 1.22. The number of imidazole rings is 1. The van der Waals surface area contributed by atoms with Gasteiger partial charge in [-0.15, -0.1) is 0 Å². The van der Waals surface area contributed by atoms with Crippen molar-refractivity contribution < 1.29 is 13.9 Å². The van der Waals surface area contributed by atoms with E-state index in [9.17, 15) is 9.18 Å². The van der Waals surface area contributed by atoms with Gasteiger partial charge >= 0.3 is 0 Å². The lowest BCUT2D eigenvalue weighted by Crippen LogP contribution is -2.33. The maximum absolute atomic E-state index is 14.5. The lowest BCUT2D eigenvalue weighted by atomic mass is 10.0. The largest absolute Gasteiger partial charge is 0.491 e. The molecule has 0 fully saturated rings. The second kappa shape index (κ2) is 8.27. The zero-order valence-electron chi connectivity index (χ0n) is 19.6. The van der Waals surface area contributed by atoms with Crippen LogP contribution in [0.4, 0.5) is 4.39 Å². The molecule has 0 atom stereocenters. The van der Waals surface area contributed by atoms with Crippen molar-refractivity contribution in [2.24, 2.45) is 0 Å². The van der Waals surface area contributed by atoms with E-state index in [-0.39, 0.29) is 11.7 Å². The van der Waals surface area contributed by atoms with Gasteiger partial charge in [-0.05, 0) is 61.4 Å². The molecule has 0 saturated heterocycles. The molecule has 0 saturated carbocycles. The van der Waals surface area contributed by atoms with Crippen LogP contribution in [0.25, 0.3) is 33.1 Å². The number of aromatic nitrogens is 3. The van der Waals surface area contributed by atoms with Crippen LogP contribution in [0.3, 0.4) is 0 Å². The molecule has 0 bridgehead atoms. The van der Waals surface area contributed by atoms with Crippen LogP contribution in [0.1, 0.15) is 28.8 Å². The summed E-state index contributed by atoms with van der Waals surface area (Å²) in [7, 11) is 0. The molecular weight excluding hydrogens is 443 g/mol. The van der Waals surface area contributed by atoms with Crippen molar-refractivity contribution >= 4 is 27.8 Å². The van der Waals surface area contributed by atoms with Crippen LogP contribution in [0.2, 0.25) is 0 Å². The summed E-state index contributed by atoms with van der Waals surface area (Å²) in [6, 6.07) is 19.0. The van der Waals surface area contributed by atoms with Crippen molar-refractivity contribution in [3.8, 4) is 16.9 Å². The number of nitrogens with zero attached hydrogens (tertiary/aromatic N) is 3. The summed E-state index contributed by atoms with van der Waals surface area (Å²) < 4.78 is 22.3. The van der Waals surface area contributed by atoms with Gasteiger partial charge in [-0.3, -0.25) is 4.79 Å². The van der Waals surface area contributed by atoms with E-state index in [1.54, 1.807) is 21.6 Å². The second-order valence-electron chi connectivity index (χ2n) is 8.90. The van der Waals surface area contributed by atoms with Crippen molar-refractivity contribution in [2.75, 3.05) is 13.2 Å². The van der Waals surface area contributed by atoms with E-state index < -0.39 is 0 Å². The molecule has 176 valence electrons. The van der Waals surface area contributed by atoms with Crippen LogP contribution in [0.15, 0.2) is 60.7 Å². The molecule has 0 aliphatic carbocycles. The van der Waals surface area contributed by atoms with E-state index in [2.05, 4.69) is 28.2 Å². The fourth-order valence-electron chi connectivity index (χ4n) is 5.01. The molecule has 1 amide bonds. The highest BCUT2D eigenvalue weighted by molar-refractivity contribution is 5.99. The number of hydrogen-bond acceptors (Lipinski definition) is 3. The number of amides is 1. The number of carbonyl (C=O) groups is 1. The van der Waals surface area contributed by atoms with Gasteiger partial charge in [-0.25, -0.2) is 9.37 Å². The lowest BCUT2D eigenvalue weighted by Gasteiger charge is -2.21. The number of hydrogen-bond donors (Lipinski definition) is 1. The zero-order chi connectivity index (χ0) is 24.1. The minimum atomic E-state index is -0.318. The average molecular weight is 469 g/mol. The number of benzene rings is 3. The van der Waals surface area contributed by atoms with Crippen LogP contribution in [0.5, 0.6) is 5.75 Å². The molecule has 0 radical (unpaired) electrons. The summed E-state index contributed by atoms with van der Waals surface area (Å²) in [4.78, 5) is 23.2. The molecule has 0 spiro atoms. The Balaban J connectivity index is 1.35. The maximum Gasteiger partial charge on any atom is 0.270 e. The van der Waals surface area contributed by atoms with Gasteiger partial charge in [-0.2, -0.15) is 0 Å². The summed E-state index contributed by atoms with van der Waals surface area (Å²) in [5, 5.41) is 0.730. The van der Waals surface area contributed by atoms with Crippen LogP contribution < -0.4 is 4.74 Å². The fourth-order valence-corrected chi connectivity index (χ4v) is 5.01. The van der Waals surface area contributed by atoms with Gasteiger partial charge in [0.15, 0.2) is 0 Å². The highest BCUT2D eigenvalue weighted by atomic mass is 19.1. The van der Waals surface area contributed by atoms with Gasteiger partial charge < -0.3 is 19.2 Å². The number of fused-ring (bicyclic) bond motifs is 3. The van der Waals surface area contributed by atoms with Gasteiger partial charge in [0.05, 0.1) is 23.1 Å². The maximum atomic E-state index is 14.5. The molecule has 6 nitrogen and oxygen atoms in total. The Morgan fingerprint density at radius 2 is 1.94 bits per heavy atom. The van der Waals surface area contributed by atoms with Crippen molar-refractivity contribution in [1.82, 2.24) is 19.4 Å². The van der Waals surface area contributed by atoms with Crippen molar-refractivity contribution in [3.63, 3.8) is 0 Å². The van der Waals surface area contributed by atoms with Crippen LogP contribution in [-0.2, 0) is 13.1 Å². The second-order valence-corrected chi connectivity index (χ2v) is 8.90. The van der Waals surface area contributed by atoms with E-state index in [4.69, 9.17) is 4.74 Å². The number of halogens is 1. The summed E-state index contributed by atoms with van der Waals surface area (Å²) in [6.45, 7) is 5.65. The standard InChI is InChI=1S/C28H25FN4O2/c1-3-33-25(15-20-5-4-6-22(29)27(20)33)28(34)32-11-12-35-26-10-8-18(13-21(26)16-32)19-7-9-23-24(14-19)31-17(2)30-23/h4-10,13-15H,3,11-12,16H2,1-2H3,(H,30,31). The predicted molar refractivity (Wildman–Crippen MR) is 134 cm³/mol. The molecule has 6 rings (SSSR count). The number of nitrogens with one attached hydrogen (secondary N) is 1. The molecule has 1 N–H and O–H groups in total. The van der Waals surface area contributed by atoms with Crippen LogP contribution in [0, 0.1) is 12.7 Å². The van der Waals surface area contributed by atoms with Gasteiger partial charge in [0.1, 0.15) is 29.7 Å². The SMILES string of the molecule is CCn1c(C(=O)N2CCOc3ccc(-c4ccc5nc(C)[nH]c5c4)cc3C2)cc2cccc(F)c21. The zero-order valence-corrected chi connectivity index (χ0v) is 19.6. The normalized spacial score (nSPS) is 13.6. The smallest absolute Gasteiger partial charge is 0.270 e. The van der Waals surface area contributed by atoms with E-state index >= 15 is 0 Å². The third kappa shape index (κ3) is 3.64. The topological polar surface area (TPSA) is 63.1 Å². The van der Waals surface area contributed by atoms with Crippen molar-refractivity contribution in [3.05, 3.63) is 83.6 Å². The first-order valence-electron chi connectivity index (χ1n) is 11.8. The number of H-pyrrole nitrogens is 1. The molecule has 7 heteroatoms. The highest BCUT2D eigenvalue weighted by Gasteiger charge is 2.25. The third-order valence-electron chi connectivity index (χ3n) is 6.67. The van der Waals surface area contributed by atoms with Crippen molar-refractivity contribution in [2.45, 2.75) is 26.9 Å². The summed E-state index contributed by atoms with van der Waals surface area (Å²) in [6.07, 6.45) is 0. The predicted octanol–water partition coefficient (Wildman–Crippen LogP) is 5.69. The van der Waals surface area contributed by atoms with E-state index in [0.717, 1.165) is 44.7 Å². The number of aromatic amines is 1. The molecule has 35 heavy (non-hydrogen) atoms.